The Balaban J connectivity index is 1.76. The molecule has 1 aliphatic carbocycles. The second kappa shape index (κ2) is 7.62. The van der Waals surface area contributed by atoms with Gasteiger partial charge in [-0.05, 0) is 31.7 Å². The second-order valence-corrected chi connectivity index (χ2v) is 7.65. The molecule has 1 aliphatic rings. The van der Waals surface area contributed by atoms with Crippen LogP contribution in [0.3, 0.4) is 0 Å². The van der Waals surface area contributed by atoms with Crippen LogP contribution in [0.15, 0.2) is 34.9 Å². The van der Waals surface area contributed by atoms with Crippen molar-refractivity contribution in [2.24, 2.45) is 5.92 Å². The van der Waals surface area contributed by atoms with E-state index in [2.05, 4.69) is 22.4 Å². The Kier molecular flexibility index (Phi) is 5.00. The van der Waals surface area contributed by atoms with Crippen LogP contribution in [0.25, 0.3) is 22.4 Å². The number of amides is 1. The van der Waals surface area contributed by atoms with Gasteiger partial charge in [-0.3, -0.25) is 14.9 Å². The number of fused-ring (bicyclic) bond motifs is 1. The molecular formula is C21H22N4O4. The van der Waals surface area contributed by atoms with Crippen LogP contribution in [-0.4, -0.2) is 27.0 Å². The topological polar surface area (TPSA) is 111 Å². The van der Waals surface area contributed by atoms with Crippen molar-refractivity contribution in [3.63, 3.8) is 0 Å². The van der Waals surface area contributed by atoms with Crippen molar-refractivity contribution in [3.8, 4) is 11.3 Å². The maximum atomic E-state index is 13.2. The van der Waals surface area contributed by atoms with E-state index in [1.165, 1.54) is 18.6 Å². The van der Waals surface area contributed by atoms with E-state index in [0.717, 1.165) is 19.3 Å². The highest BCUT2D eigenvalue weighted by atomic mass is 16.6. The van der Waals surface area contributed by atoms with Gasteiger partial charge in [0.05, 0.1) is 27.3 Å². The number of carbonyl (C=O) groups is 1. The molecule has 150 valence electrons. The summed E-state index contributed by atoms with van der Waals surface area (Å²) in [6.45, 7) is 3.92. The molecule has 1 aromatic carbocycles. The summed E-state index contributed by atoms with van der Waals surface area (Å²) >= 11 is 0. The summed E-state index contributed by atoms with van der Waals surface area (Å²) in [6, 6.07) is 7.94. The highest BCUT2D eigenvalue weighted by Gasteiger charge is 2.26. The molecule has 8 nitrogen and oxygen atoms in total. The zero-order chi connectivity index (χ0) is 20.5. The molecule has 29 heavy (non-hydrogen) atoms. The fraction of sp³-hybridized carbons (Fsp3) is 0.381. The standard InChI is InChI=1S/C21H22N4O4/c1-12-6-3-4-9-17(12)22-20(26)16-11-18(23-21-19(16)13(2)24-29-21)14-7-5-8-15(10-14)25(27)28/h5,7-8,10-12,17H,3-4,6,9H2,1-2H3,(H,22,26)/t12-,17-/m1/s1. The lowest BCUT2D eigenvalue weighted by Crippen LogP contribution is -2.41. The largest absolute Gasteiger partial charge is 0.349 e. The summed E-state index contributed by atoms with van der Waals surface area (Å²) in [4.78, 5) is 28.3. The van der Waals surface area contributed by atoms with Crippen molar-refractivity contribution >= 4 is 22.7 Å². The fourth-order valence-corrected chi connectivity index (χ4v) is 3.98. The normalized spacial score (nSPS) is 19.2. The van der Waals surface area contributed by atoms with Crippen LogP contribution < -0.4 is 5.32 Å². The van der Waals surface area contributed by atoms with E-state index in [1.807, 2.05) is 0 Å². The summed E-state index contributed by atoms with van der Waals surface area (Å²) in [5, 5.41) is 18.8. The van der Waals surface area contributed by atoms with Gasteiger partial charge < -0.3 is 9.84 Å². The predicted molar refractivity (Wildman–Crippen MR) is 108 cm³/mol. The first-order valence-electron chi connectivity index (χ1n) is 9.76. The Morgan fingerprint density at radius 2 is 2.07 bits per heavy atom. The molecular weight excluding hydrogens is 372 g/mol. The fourth-order valence-electron chi connectivity index (χ4n) is 3.98. The summed E-state index contributed by atoms with van der Waals surface area (Å²) in [7, 11) is 0. The molecule has 0 radical (unpaired) electrons. The van der Waals surface area contributed by atoms with Crippen molar-refractivity contribution in [2.45, 2.75) is 45.6 Å². The molecule has 2 aromatic heterocycles. The number of aryl methyl sites for hydroxylation is 1. The molecule has 3 aromatic rings. The summed E-state index contributed by atoms with van der Waals surface area (Å²) < 4.78 is 5.32. The summed E-state index contributed by atoms with van der Waals surface area (Å²) in [5.74, 6) is 0.221. The molecule has 1 amide bonds. The van der Waals surface area contributed by atoms with Crippen LogP contribution in [0, 0.1) is 23.0 Å². The predicted octanol–water partition coefficient (Wildman–Crippen LogP) is 4.41. The molecule has 0 spiro atoms. The van der Waals surface area contributed by atoms with Gasteiger partial charge >= 0.3 is 0 Å². The van der Waals surface area contributed by atoms with E-state index in [0.29, 0.717) is 33.8 Å². The number of rotatable bonds is 4. The monoisotopic (exact) mass is 394 g/mol. The lowest BCUT2D eigenvalue weighted by Gasteiger charge is -2.29. The molecule has 4 rings (SSSR count). The minimum atomic E-state index is -0.460. The van der Waals surface area contributed by atoms with Crippen LogP contribution in [0.4, 0.5) is 5.69 Å². The quantitative estimate of drug-likeness (QED) is 0.518. The first-order chi connectivity index (χ1) is 13.9. The zero-order valence-corrected chi connectivity index (χ0v) is 16.3. The lowest BCUT2D eigenvalue weighted by atomic mass is 9.86. The van der Waals surface area contributed by atoms with Gasteiger partial charge in [0.25, 0.3) is 17.3 Å². The van der Waals surface area contributed by atoms with Gasteiger partial charge in [0.15, 0.2) is 0 Å². The number of nitrogens with one attached hydrogen (secondary N) is 1. The highest BCUT2D eigenvalue weighted by molar-refractivity contribution is 6.07. The summed E-state index contributed by atoms with van der Waals surface area (Å²) in [5.41, 5.74) is 2.18. The third kappa shape index (κ3) is 3.70. The van der Waals surface area contributed by atoms with Crippen molar-refractivity contribution in [1.82, 2.24) is 15.5 Å². The summed E-state index contributed by atoms with van der Waals surface area (Å²) in [6.07, 6.45) is 4.35. The van der Waals surface area contributed by atoms with Gasteiger partial charge in [-0.25, -0.2) is 4.98 Å². The van der Waals surface area contributed by atoms with Gasteiger partial charge in [0, 0.05) is 23.7 Å². The average molecular weight is 394 g/mol. The van der Waals surface area contributed by atoms with Crippen LogP contribution in [0.2, 0.25) is 0 Å². The minimum absolute atomic E-state index is 0.0415. The Morgan fingerprint density at radius 1 is 1.28 bits per heavy atom. The van der Waals surface area contributed by atoms with Crippen molar-refractivity contribution in [1.29, 1.82) is 0 Å². The number of aromatic nitrogens is 2. The molecule has 1 N–H and O–H groups in total. The molecule has 1 saturated carbocycles. The molecule has 2 heterocycles. The van der Waals surface area contributed by atoms with Crippen molar-refractivity contribution in [3.05, 3.63) is 51.7 Å². The Bertz CT molecular complexity index is 1090. The van der Waals surface area contributed by atoms with E-state index in [4.69, 9.17) is 4.52 Å². The maximum absolute atomic E-state index is 13.2. The van der Waals surface area contributed by atoms with Crippen LogP contribution >= 0.6 is 0 Å². The SMILES string of the molecule is Cc1noc2nc(-c3cccc([N+](=O)[O-])c3)cc(C(=O)N[C@@H]3CCCC[C@H]3C)c12. The molecule has 0 aliphatic heterocycles. The van der Waals surface area contributed by atoms with Crippen LogP contribution in [0.5, 0.6) is 0 Å². The number of nitro benzene ring substituents is 1. The van der Waals surface area contributed by atoms with Gasteiger partial charge in [-0.2, -0.15) is 0 Å². The molecule has 2 atom stereocenters. The number of benzene rings is 1. The van der Waals surface area contributed by atoms with Gasteiger partial charge in [0.1, 0.15) is 0 Å². The number of pyridine rings is 1. The Labute approximate surface area is 167 Å². The first kappa shape index (κ1) is 19.0. The molecule has 1 fully saturated rings. The lowest BCUT2D eigenvalue weighted by molar-refractivity contribution is -0.384. The van der Waals surface area contributed by atoms with Crippen molar-refractivity contribution in [2.75, 3.05) is 0 Å². The van der Waals surface area contributed by atoms with Gasteiger partial charge in [0.2, 0.25) is 0 Å². The second-order valence-electron chi connectivity index (χ2n) is 7.65. The van der Waals surface area contributed by atoms with E-state index >= 15 is 0 Å². The average Bonchev–Trinajstić information content (AvgIpc) is 3.10. The Hall–Kier alpha value is -3.29. The number of carbonyl (C=O) groups excluding carboxylic acids is 1. The van der Waals surface area contributed by atoms with E-state index in [1.54, 1.807) is 25.1 Å². The molecule has 8 heteroatoms. The third-order valence-electron chi connectivity index (χ3n) is 5.64. The number of hydrogen-bond acceptors (Lipinski definition) is 6. The highest BCUT2D eigenvalue weighted by Crippen LogP contribution is 2.30. The van der Waals surface area contributed by atoms with Crippen LogP contribution in [-0.2, 0) is 0 Å². The number of non-ortho nitro benzene ring substituents is 1. The molecule has 0 unspecified atom stereocenters. The number of nitrogens with zero attached hydrogens (tertiary/aromatic N) is 3. The maximum Gasteiger partial charge on any atom is 0.270 e. The Morgan fingerprint density at radius 3 is 2.83 bits per heavy atom. The van der Waals surface area contributed by atoms with Gasteiger partial charge in [-0.1, -0.05) is 37.1 Å². The molecule has 0 bridgehead atoms. The van der Waals surface area contributed by atoms with Crippen molar-refractivity contribution < 1.29 is 14.2 Å². The van der Waals surface area contributed by atoms with E-state index < -0.39 is 4.92 Å². The van der Waals surface area contributed by atoms with E-state index in [9.17, 15) is 14.9 Å². The smallest absolute Gasteiger partial charge is 0.270 e. The third-order valence-corrected chi connectivity index (χ3v) is 5.64. The minimum Gasteiger partial charge on any atom is -0.349 e. The number of nitro groups is 1. The first-order valence-corrected chi connectivity index (χ1v) is 9.76. The van der Waals surface area contributed by atoms with Crippen LogP contribution in [0.1, 0.15) is 48.7 Å². The van der Waals surface area contributed by atoms with E-state index in [-0.39, 0.29) is 23.3 Å². The van der Waals surface area contributed by atoms with Gasteiger partial charge in [-0.15, -0.1) is 0 Å². The zero-order valence-electron chi connectivity index (χ0n) is 16.3. The molecule has 0 saturated heterocycles. The number of hydrogen-bond donors (Lipinski definition) is 1.